The number of aromatic nitrogens is 3. The van der Waals surface area contributed by atoms with Crippen LogP contribution in [0.3, 0.4) is 0 Å². The lowest BCUT2D eigenvalue weighted by molar-refractivity contribution is 0.669. The molecule has 0 spiro atoms. The second kappa shape index (κ2) is 11.6. The third kappa shape index (κ3) is 4.63. The molecule has 0 saturated carbocycles. The van der Waals surface area contributed by atoms with Crippen molar-refractivity contribution in [1.29, 1.82) is 0 Å². The number of furan rings is 1. The summed E-state index contributed by atoms with van der Waals surface area (Å²) in [5.41, 5.74) is 8.31. The number of benzene rings is 7. The highest BCUT2D eigenvalue weighted by molar-refractivity contribution is 7.26. The Morgan fingerprint density at radius 2 is 1.37 bits per heavy atom. The van der Waals surface area contributed by atoms with E-state index in [1.807, 2.05) is 12.1 Å². The molecule has 11 rings (SSSR count). The van der Waals surface area contributed by atoms with Crippen LogP contribution in [0.2, 0.25) is 0 Å². The number of nitrogens with zero attached hydrogens (tertiary/aromatic N) is 3. The number of fused-ring (bicyclic) bond motifs is 8. The lowest BCUT2D eigenvalue weighted by Gasteiger charge is -2.20. The number of hydrogen-bond acceptors (Lipinski definition) is 5. The van der Waals surface area contributed by atoms with E-state index in [4.69, 9.17) is 19.4 Å². The predicted octanol–water partition coefficient (Wildman–Crippen LogP) is 12.6. The molecule has 0 bridgehead atoms. The second-order valence-electron chi connectivity index (χ2n) is 13.5. The first kappa shape index (κ1) is 29.3. The molecule has 0 aliphatic heterocycles. The highest BCUT2D eigenvalue weighted by Crippen LogP contribution is 2.44. The van der Waals surface area contributed by atoms with Gasteiger partial charge in [0.15, 0.2) is 11.6 Å². The van der Waals surface area contributed by atoms with Gasteiger partial charge in [0.05, 0.1) is 0 Å². The van der Waals surface area contributed by atoms with Gasteiger partial charge in [-0.05, 0) is 75.8 Å². The maximum Gasteiger partial charge on any atom is 0.165 e. The van der Waals surface area contributed by atoms with Crippen LogP contribution in [0.4, 0.5) is 0 Å². The summed E-state index contributed by atoms with van der Waals surface area (Å²) < 4.78 is 8.92. The van der Waals surface area contributed by atoms with Crippen molar-refractivity contribution in [3.8, 4) is 33.9 Å². The Morgan fingerprint density at radius 1 is 0.577 bits per heavy atom. The molecular formula is C47H29N3OS. The minimum absolute atomic E-state index is 0.0126. The zero-order chi connectivity index (χ0) is 34.2. The van der Waals surface area contributed by atoms with E-state index in [1.54, 1.807) is 11.3 Å². The fraction of sp³-hybridized carbons (Fsp3) is 0.0426. The molecule has 1 aliphatic rings. The Balaban J connectivity index is 1.22. The molecule has 1 atom stereocenters. The molecule has 0 N–H and O–H groups in total. The SMILES string of the molecule is C1=CC(c2nc(-c3cccc4c3sc3ccccc34)nc(-c3c(-c4ccc5ccccc5c4)ccc4oc5ccccc5c34)n2)Cc2ccccc21. The summed E-state index contributed by atoms with van der Waals surface area (Å²) in [6.45, 7) is 0. The topological polar surface area (TPSA) is 51.8 Å². The van der Waals surface area contributed by atoms with Gasteiger partial charge in [0, 0.05) is 48.0 Å². The Kier molecular flexibility index (Phi) is 6.51. The van der Waals surface area contributed by atoms with E-state index in [2.05, 4.69) is 146 Å². The molecule has 244 valence electrons. The molecule has 1 aliphatic carbocycles. The normalized spacial score (nSPS) is 14.2. The molecule has 5 heteroatoms. The Bertz CT molecular complexity index is 3080. The molecule has 0 saturated heterocycles. The van der Waals surface area contributed by atoms with Gasteiger partial charge in [-0.2, -0.15) is 0 Å². The molecule has 0 radical (unpaired) electrons. The molecule has 4 nitrogen and oxygen atoms in total. The fourth-order valence-corrected chi connectivity index (χ4v) is 9.16. The monoisotopic (exact) mass is 683 g/mol. The van der Waals surface area contributed by atoms with Gasteiger partial charge in [-0.1, -0.05) is 121 Å². The van der Waals surface area contributed by atoms with Crippen molar-refractivity contribution in [3.05, 3.63) is 169 Å². The molecule has 7 aromatic carbocycles. The van der Waals surface area contributed by atoms with Crippen molar-refractivity contribution in [1.82, 2.24) is 15.0 Å². The van der Waals surface area contributed by atoms with E-state index in [1.165, 1.54) is 42.1 Å². The maximum absolute atomic E-state index is 6.49. The van der Waals surface area contributed by atoms with Crippen molar-refractivity contribution in [3.63, 3.8) is 0 Å². The summed E-state index contributed by atoms with van der Waals surface area (Å²) in [5, 5.41) is 6.90. The van der Waals surface area contributed by atoms with Gasteiger partial charge in [0.1, 0.15) is 17.0 Å². The average Bonchev–Trinajstić information content (AvgIpc) is 3.78. The molecule has 0 fully saturated rings. The van der Waals surface area contributed by atoms with Gasteiger partial charge in [-0.25, -0.2) is 15.0 Å². The van der Waals surface area contributed by atoms with Gasteiger partial charge in [-0.15, -0.1) is 11.3 Å². The van der Waals surface area contributed by atoms with Crippen LogP contribution in [0.5, 0.6) is 0 Å². The zero-order valence-electron chi connectivity index (χ0n) is 28.0. The summed E-state index contributed by atoms with van der Waals surface area (Å²) in [4.78, 5) is 16.2. The highest BCUT2D eigenvalue weighted by Gasteiger charge is 2.25. The summed E-state index contributed by atoms with van der Waals surface area (Å²) in [6.07, 6.45) is 5.28. The van der Waals surface area contributed by atoms with Crippen LogP contribution in [-0.4, -0.2) is 15.0 Å². The van der Waals surface area contributed by atoms with Crippen LogP contribution in [-0.2, 0) is 6.42 Å². The Morgan fingerprint density at radius 3 is 2.33 bits per heavy atom. The van der Waals surface area contributed by atoms with Crippen LogP contribution < -0.4 is 0 Å². The van der Waals surface area contributed by atoms with E-state index >= 15 is 0 Å². The van der Waals surface area contributed by atoms with Crippen molar-refractivity contribution < 1.29 is 4.42 Å². The van der Waals surface area contributed by atoms with Crippen LogP contribution in [0, 0.1) is 0 Å². The van der Waals surface area contributed by atoms with Crippen molar-refractivity contribution in [2.24, 2.45) is 0 Å². The minimum atomic E-state index is -0.0126. The molecule has 10 aromatic rings. The Hall–Kier alpha value is -6.43. The molecule has 3 heterocycles. The second-order valence-corrected chi connectivity index (χ2v) is 14.6. The van der Waals surface area contributed by atoms with E-state index < -0.39 is 0 Å². The lowest BCUT2D eigenvalue weighted by Crippen LogP contribution is -2.12. The van der Waals surface area contributed by atoms with Gasteiger partial charge in [0.2, 0.25) is 0 Å². The Labute approximate surface area is 303 Å². The molecule has 3 aromatic heterocycles. The predicted molar refractivity (Wildman–Crippen MR) is 216 cm³/mol. The summed E-state index contributed by atoms with van der Waals surface area (Å²) in [6, 6.07) is 51.4. The third-order valence-corrected chi connectivity index (χ3v) is 11.7. The number of allylic oxidation sites excluding steroid dienone is 1. The smallest absolute Gasteiger partial charge is 0.165 e. The molecule has 1 unspecified atom stereocenters. The highest BCUT2D eigenvalue weighted by atomic mass is 32.1. The molecular weight excluding hydrogens is 655 g/mol. The standard InChI is InChI=1S/C47H29N3OS/c1-3-12-30-26-32(22-20-28(30)10-1)34-24-25-40-42(37-15-5-7-18-39(37)51-40)43(34)47-49-45(33-23-21-29-11-2-4-13-31(29)27-33)48-46(50-47)38-17-9-16-36-35-14-6-8-19-41(35)52-44(36)38/h1-26,33H,27H2. The number of rotatable bonds is 4. The molecule has 0 amide bonds. The van der Waals surface area contributed by atoms with E-state index in [0.29, 0.717) is 11.6 Å². The number of para-hydroxylation sites is 1. The van der Waals surface area contributed by atoms with Crippen molar-refractivity contribution in [2.45, 2.75) is 12.3 Å². The van der Waals surface area contributed by atoms with E-state index in [9.17, 15) is 0 Å². The summed E-state index contributed by atoms with van der Waals surface area (Å²) >= 11 is 1.79. The first-order valence-corrected chi connectivity index (χ1v) is 18.4. The van der Waals surface area contributed by atoms with E-state index in [0.717, 1.165) is 56.4 Å². The first-order chi connectivity index (χ1) is 25.7. The fourth-order valence-electron chi connectivity index (χ4n) is 7.94. The van der Waals surface area contributed by atoms with Crippen LogP contribution in [0.15, 0.2) is 156 Å². The van der Waals surface area contributed by atoms with Crippen LogP contribution in [0.25, 0.3) is 92.9 Å². The number of hydrogen-bond donors (Lipinski definition) is 0. The van der Waals surface area contributed by atoms with Crippen molar-refractivity contribution in [2.75, 3.05) is 0 Å². The largest absolute Gasteiger partial charge is 0.456 e. The van der Waals surface area contributed by atoms with Crippen molar-refractivity contribution >= 4 is 70.3 Å². The average molecular weight is 684 g/mol. The first-order valence-electron chi connectivity index (χ1n) is 17.6. The summed E-state index contributed by atoms with van der Waals surface area (Å²) in [5.74, 6) is 2.07. The maximum atomic E-state index is 6.49. The molecule has 52 heavy (non-hydrogen) atoms. The van der Waals surface area contributed by atoms with Gasteiger partial charge >= 0.3 is 0 Å². The quantitative estimate of drug-likeness (QED) is 0.185. The van der Waals surface area contributed by atoms with E-state index in [-0.39, 0.29) is 5.92 Å². The van der Waals surface area contributed by atoms with Crippen LogP contribution in [0.1, 0.15) is 22.9 Å². The third-order valence-electron chi connectivity index (χ3n) is 10.5. The summed E-state index contributed by atoms with van der Waals surface area (Å²) in [7, 11) is 0. The lowest BCUT2D eigenvalue weighted by atomic mass is 9.89. The van der Waals surface area contributed by atoms with Gasteiger partial charge in [-0.3, -0.25) is 0 Å². The van der Waals surface area contributed by atoms with Crippen LogP contribution >= 0.6 is 11.3 Å². The minimum Gasteiger partial charge on any atom is -0.456 e. The van der Waals surface area contributed by atoms with Gasteiger partial charge < -0.3 is 4.42 Å². The number of thiophene rings is 1. The zero-order valence-corrected chi connectivity index (χ0v) is 28.8. The van der Waals surface area contributed by atoms with Gasteiger partial charge in [0.25, 0.3) is 0 Å².